The van der Waals surface area contributed by atoms with Crippen LogP contribution in [0.1, 0.15) is 24.5 Å². The molecule has 2 saturated heterocycles. The van der Waals surface area contributed by atoms with Gasteiger partial charge in [0.05, 0.1) is 17.4 Å². The van der Waals surface area contributed by atoms with Crippen molar-refractivity contribution < 1.29 is 24.2 Å². The van der Waals surface area contributed by atoms with Gasteiger partial charge in [0.1, 0.15) is 11.6 Å². The molecule has 35 heavy (non-hydrogen) atoms. The number of rotatable bonds is 4. The van der Waals surface area contributed by atoms with Gasteiger partial charge in [-0.1, -0.05) is 42.5 Å². The maximum absolute atomic E-state index is 14.3. The summed E-state index contributed by atoms with van der Waals surface area (Å²) in [5.74, 6) is -2.23. The number of nitrogens with zero attached hydrogens (tertiary/aromatic N) is 3. The highest BCUT2D eigenvalue weighted by Gasteiger charge is 2.74. The molecule has 8 nitrogen and oxygen atoms in total. The highest BCUT2D eigenvalue weighted by atomic mass is 16.5. The van der Waals surface area contributed by atoms with E-state index in [1.165, 1.54) is 0 Å². The molecule has 0 radical (unpaired) electrons. The van der Waals surface area contributed by atoms with Crippen LogP contribution in [0.25, 0.3) is 0 Å². The summed E-state index contributed by atoms with van der Waals surface area (Å²) in [6, 6.07) is 4.96. The standard InChI is InChI=1S/C27H33N3O5/c1-17-9-5-10-18(2)21(17)29-14-7-12-27-20(24(33)30(15-8-16-31)22(27)25(29)34)19-23(32)28(4)13-6-11-26(19,3)35-27/h5-7,9-12,19-20,22,31H,8,13-16H2,1-4H3/t19-,20-,22?,26+,27-/m0/s1. The van der Waals surface area contributed by atoms with Gasteiger partial charge >= 0.3 is 0 Å². The van der Waals surface area contributed by atoms with Crippen LogP contribution in [0.5, 0.6) is 0 Å². The Balaban J connectivity index is 1.67. The number of likely N-dealkylation sites (N-methyl/N-ethyl adjacent to an activating group) is 1. The number of benzene rings is 1. The van der Waals surface area contributed by atoms with Gasteiger partial charge in [0.2, 0.25) is 11.8 Å². The normalized spacial score (nSPS) is 34.1. The first-order chi connectivity index (χ1) is 16.7. The minimum atomic E-state index is -1.27. The monoisotopic (exact) mass is 479 g/mol. The van der Waals surface area contributed by atoms with Crippen LogP contribution in [0.3, 0.4) is 0 Å². The molecule has 0 bridgehead atoms. The summed E-state index contributed by atoms with van der Waals surface area (Å²) >= 11 is 0. The van der Waals surface area contributed by atoms with Gasteiger partial charge in [-0.15, -0.1) is 0 Å². The van der Waals surface area contributed by atoms with Gasteiger partial charge in [-0.05, 0) is 38.3 Å². The molecule has 1 aromatic carbocycles. The van der Waals surface area contributed by atoms with Crippen LogP contribution in [-0.4, -0.2) is 83.2 Å². The van der Waals surface area contributed by atoms with Gasteiger partial charge < -0.3 is 24.5 Å². The Labute approximate surface area is 205 Å². The third-order valence-electron chi connectivity index (χ3n) is 8.02. The van der Waals surface area contributed by atoms with Gasteiger partial charge in [0.25, 0.3) is 5.91 Å². The number of anilines is 1. The molecule has 0 saturated carbocycles. The van der Waals surface area contributed by atoms with Crippen LogP contribution < -0.4 is 4.90 Å². The van der Waals surface area contributed by atoms with E-state index < -0.39 is 29.1 Å². The van der Waals surface area contributed by atoms with Crippen LogP contribution in [0.4, 0.5) is 5.69 Å². The number of aliphatic hydroxyl groups is 1. The van der Waals surface area contributed by atoms with E-state index in [-0.39, 0.29) is 30.9 Å². The van der Waals surface area contributed by atoms with E-state index in [1.54, 1.807) is 21.7 Å². The van der Waals surface area contributed by atoms with Crippen molar-refractivity contribution in [2.45, 2.75) is 44.4 Å². The molecular weight excluding hydrogens is 446 g/mol. The molecule has 186 valence electrons. The first kappa shape index (κ1) is 23.8. The second-order valence-corrected chi connectivity index (χ2v) is 10.3. The minimum absolute atomic E-state index is 0.106. The van der Waals surface area contributed by atoms with Crippen LogP contribution in [0.15, 0.2) is 42.5 Å². The number of amides is 3. The lowest BCUT2D eigenvalue weighted by molar-refractivity contribution is -0.148. The first-order valence-electron chi connectivity index (χ1n) is 12.3. The maximum atomic E-state index is 14.3. The van der Waals surface area contributed by atoms with E-state index in [0.717, 1.165) is 16.8 Å². The molecule has 1 N–H and O–H groups in total. The van der Waals surface area contributed by atoms with E-state index >= 15 is 0 Å². The fraction of sp³-hybridized carbons (Fsp3) is 0.519. The number of aliphatic hydroxyl groups excluding tert-OH is 1. The van der Waals surface area contributed by atoms with Crippen molar-refractivity contribution in [1.29, 1.82) is 0 Å². The van der Waals surface area contributed by atoms with E-state index in [1.807, 2.05) is 63.3 Å². The maximum Gasteiger partial charge on any atom is 0.253 e. The fourth-order valence-electron chi connectivity index (χ4n) is 6.56. The van der Waals surface area contributed by atoms with Crippen LogP contribution in [0.2, 0.25) is 0 Å². The summed E-state index contributed by atoms with van der Waals surface area (Å²) in [5, 5.41) is 9.53. The fourth-order valence-corrected chi connectivity index (χ4v) is 6.56. The van der Waals surface area contributed by atoms with Gasteiger partial charge in [-0.3, -0.25) is 14.4 Å². The number of carbonyl (C=O) groups excluding carboxylic acids is 3. The lowest BCUT2D eigenvalue weighted by Gasteiger charge is -2.37. The van der Waals surface area contributed by atoms with Gasteiger partial charge in [0.15, 0.2) is 0 Å². The molecule has 1 spiro atoms. The molecule has 5 rings (SSSR count). The summed E-state index contributed by atoms with van der Waals surface area (Å²) in [6.45, 7) is 6.66. The average Bonchev–Trinajstić information content (AvgIpc) is 3.08. The summed E-state index contributed by atoms with van der Waals surface area (Å²) in [4.78, 5) is 46.8. The number of hydrogen-bond acceptors (Lipinski definition) is 5. The van der Waals surface area contributed by atoms with Crippen molar-refractivity contribution in [2.75, 3.05) is 38.2 Å². The van der Waals surface area contributed by atoms with Crippen LogP contribution in [0, 0.1) is 25.7 Å². The minimum Gasteiger partial charge on any atom is -0.396 e. The molecule has 4 aliphatic rings. The Morgan fingerprint density at radius 2 is 1.69 bits per heavy atom. The lowest BCUT2D eigenvalue weighted by Crippen LogP contribution is -2.56. The molecule has 0 aliphatic carbocycles. The topological polar surface area (TPSA) is 90.4 Å². The molecule has 8 heteroatoms. The first-order valence-corrected chi connectivity index (χ1v) is 12.3. The van der Waals surface area contributed by atoms with Crippen molar-refractivity contribution in [2.24, 2.45) is 11.8 Å². The Bertz CT molecular complexity index is 1130. The molecule has 2 fully saturated rings. The number of likely N-dealkylation sites (tertiary alicyclic amines) is 1. The smallest absolute Gasteiger partial charge is 0.253 e. The molecule has 5 atom stereocenters. The van der Waals surface area contributed by atoms with Crippen molar-refractivity contribution in [3.05, 3.63) is 53.6 Å². The van der Waals surface area contributed by atoms with E-state index in [4.69, 9.17) is 4.74 Å². The SMILES string of the molecule is Cc1cccc(C)c1N1CC=C[C@]23O[C@]4(C)C=CCN(C)C(=O)[C@@H]4[C@H]2C(=O)N(CCCO)C3C1=O. The molecule has 4 heterocycles. The molecule has 1 aromatic rings. The van der Waals surface area contributed by atoms with E-state index in [2.05, 4.69) is 0 Å². The highest BCUT2D eigenvalue weighted by Crippen LogP contribution is 2.57. The lowest BCUT2D eigenvalue weighted by atomic mass is 9.74. The molecule has 1 unspecified atom stereocenters. The summed E-state index contributed by atoms with van der Waals surface area (Å²) in [6.07, 6.45) is 7.85. The average molecular weight is 480 g/mol. The van der Waals surface area contributed by atoms with Crippen molar-refractivity contribution >= 4 is 23.4 Å². The number of carbonyl (C=O) groups is 3. The van der Waals surface area contributed by atoms with Crippen molar-refractivity contribution in [3.8, 4) is 0 Å². The second-order valence-electron chi connectivity index (χ2n) is 10.3. The third kappa shape index (κ3) is 3.30. The summed E-state index contributed by atoms with van der Waals surface area (Å²) < 4.78 is 6.75. The van der Waals surface area contributed by atoms with E-state index in [0.29, 0.717) is 19.5 Å². The predicted molar refractivity (Wildman–Crippen MR) is 131 cm³/mol. The number of fused-ring (bicyclic) bond motifs is 2. The van der Waals surface area contributed by atoms with Crippen molar-refractivity contribution in [3.63, 3.8) is 0 Å². The second kappa shape index (κ2) is 8.31. The number of para-hydroxylation sites is 1. The number of hydrogen-bond donors (Lipinski definition) is 1. The molecular formula is C27H33N3O5. The van der Waals surface area contributed by atoms with Gasteiger partial charge in [-0.2, -0.15) is 0 Å². The van der Waals surface area contributed by atoms with Gasteiger partial charge in [0, 0.05) is 39.0 Å². The van der Waals surface area contributed by atoms with Crippen molar-refractivity contribution in [1.82, 2.24) is 9.80 Å². The number of aryl methyl sites for hydroxylation is 2. The molecule has 0 aromatic heterocycles. The Kier molecular flexibility index (Phi) is 5.64. The largest absolute Gasteiger partial charge is 0.396 e. The van der Waals surface area contributed by atoms with E-state index in [9.17, 15) is 19.5 Å². The zero-order valence-electron chi connectivity index (χ0n) is 20.7. The molecule has 4 aliphatic heterocycles. The summed E-state index contributed by atoms with van der Waals surface area (Å²) in [7, 11) is 1.72. The Morgan fingerprint density at radius 3 is 2.37 bits per heavy atom. The van der Waals surface area contributed by atoms with Gasteiger partial charge in [-0.25, -0.2) is 0 Å². The zero-order valence-corrected chi connectivity index (χ0v) is 20.7. The highest BCUT2D eigenvalue weighted by molar-refractivity contribution is 6.06. The third-order valence-corrected chi connectivity index (χ3v) is 8.02. The summed E-state index contributed by atoms with van der Waals surface area (Å²) in [5.41, 5.74) is 0.477. The predicted octanol–water partition coefficient (Wildman–Crippen LogP) is 1.59. The Morgan fingerprint density at radius 1 is 1.00 bits per heavy atom. The van der Waals surface area contributed by atoms with Crippen LogP contribution in [-0.2, 0) is 19.1 Å². The number of ether oxygens (including phenoxy) is 1. The quantitative estimate of drug-likeness (QED) is 0.663. The Hall–Kier alpha value is -2.97. The van der Waals surface area contributed by atoms with Crippen LogP contribution >= 0.6 is 0 Å². The zero-order chi connectivity index (χ0) is 25.1. The molecule has 3 amide bonds.